The molecule has 0 atom stereocenters. The third-order valence-electron chi connectivity index (χ3n) is 1.01. The van der Waals surface area contributed by atoms with Crippen LogP contribution in [0, 0.1) is 11.8 Å². The molecule has 1 aromatic heterocycles. The van der Waals surface area contributed by atoms with Crippen molar-refractivity contribution in [3.63, 3.8) is 0 Å². The van der Waals surface area contributed by atoms with Crippen molar-refractivity contribution >= 4 is 0 Å². The van der Waals surface area contributed by atoms with Crippen LogP contribution in [-0.2, 0) is 6.18 Å². The number of halogens is 6. The van der Waals surface area contributed by atoms with E-state index in [2.05, 4.69) is 0 Å². The van der Waals surface area contributed by atoms with Crippen LogP contribution in [0.2, 0.25) is 0 Å². The van der Waals surface area contributed by atoms with Gasteiger partial charge < -0.3 is 0 Å². The maximum absolute atomic E-state index is 12.1. The van der Waals surface area contributed by atoms with Crippen molar-refractivity contribution in [1.29, 1.82) is 0 Å². The Hall–Kier alpha value is -1.21. The Morgan fingerprint density at radius 3 is 1.83 bits per heavy atom. The van der Waals surface area contributed by atoms with E-state index in [4.69, 9.17) is 0 Å². The van der Waals surface area contributed by atoms with E-state index in [1.54, 1.807) is 0 Å². The maximum Gasteiger partial charge on any atom is 0.438 e. The Bertz CT molecular complexity index is 299. The van der Waals surface area contributed by atoms with Crippen molar-refractivity contribution in [2.75, 3.05) is 0 Å². The van der Waals surface area contributed by atoms with Crippen LogP contribution in [-0.4, -0.2) is 10.0 Å². The molecule has 1 heterocycles. The minimum Gasteiger partial charge on any atom is -0.199 e. The minimum atomic E-state index is -5.19. The van der Waals surface area contributed by atoms with Gasteiger partial charge in [0.2, 0.25) is 11.5 Å². The predicted octanol–water partition coefficient (Wildman–Crippen LogP) is 1.91. The van der Waals surface area contributed by atoms with Gasteiger partial charge in [-0.25, -0.2) is 0 Å². The molecule has 0 bridgehead atoms. The van der Waals surface area contributed by atoms with Crippen LogP contribution in [0.25, 0.3) is 0 Å². The molecule has 1 rings (SSSR count). The van der Waals surface area contributed by atoms with E-state index in [1.807, 2.05) is 5.10 Å². The van der Waals surface area contributed by atoms with Crippen LogP contribution in [0.5, 0.6) is 0 Å². The van der Waals surface area contributed by atoms with Gasteiger partial charge in [-0.1, -0.05) is 9.39 Å². The lowest BCUT2D eigenvalue weighted by Gasteiger charge is -1.99. The van der Waals surface area contributed by atoms with Crippen molar-refractivity contribution in [2.24, 2.45) is 0 Å². The Labute approximate surface area is 61.3 Å². The monoisotopic (exact) mass is 190 g/mol. The largest absolute Gasteiger partial charge is 0.438 e. The lowest BCUT2D eigenvalue weighted by Crippen LogP contribution is -2.08. The van der Waals surface area contributed by atoms with E-state index in [9.17, 15) is 26.4 Å². The second kappa shape index (κ2) is 2.39. The van der Waals surface area contributed by atoms with Crippen LogP contribution in [0.15, 0.2) is 0 Å². The van der Waals surface area contributed by atoms with Crippen molar-refractivity contribution in [2.45, 2.75) is 6.18 Å². The summed E-state index contributed by atoms with van der Waals surface area (Å²) in [6.07, 6.45) is -5.19. The number of rotatable bonds is 0. The second-order valence-electron chi connectivity index (χ2n) is 1.81. The fraction of sp³-hybridized carbons (Fsp3) is 0.250. The molecule has 68 valence electrons. The van der Waals surface area contributed by atoms with E-state index >= 15 is 0 Å². The lowest BCUT2D eigenvalue weighted by molar-refractivity contribution is -0.144. The zero-order valence-electron chi connectivity index (χ0n) is 5.16. The first-order valence-corrected chi connectivity index (χ1v) is 2.51. The van der Waals surface area contributed by atoms with Gasteiger partial charge in [-0.2, -0.15) is 22.0 Å². The molecule has 8 heteroatoms. The Morgan fingerprint density at radius 2 is 1.67 bits per heavy atom. The average Bonchev–Trinajstić information content (AvgIpc) is 2.15. The van der Waals surface area contributed by atoms with Gasteiger partial charge in [0.15, 0.2) is 0 Å². The molecule has 0 amide bonds. The molecule has 12 heavy (non-hydrogen) atoms. The molecule has 0 saturated carbocycles. The molecule has 1 aromatic rings. The highest BCUT2D eigenvalue weighted by molar-refractivity contribution is 5.07. The topological polar surface area (TPSA) is 17.8 Å². The smallest absolute Gasteiger partial charge is 0.199 e. The molecule has 0 aliphatic rings. The highest BCUT2D eigenvalue weighted by atomic mass is 19.4. The molecule has 0 unspecified atom stereocenters. The SMILES string of the molecule is Fc1c(C(F)(F)F)nn(F)c1F. The molecule has 0 aliphatic heterocycles. The molecular weight excluding hydrogens is 190 g/mol. The number of nitrogens with zero attached hydrogens (tertiary/aromatic N) is 2. The van der Waals surface area contributed by atoms with Crippen molar-refractivity contribution in [1.82, 2.24) is 10.0 Å². The van der Waals surface area contributed by atoms with Gasteiger partial charge in [0.05, 0.1) is 0 Å². The third kappa shape index (κ3) is 1.23. The van der Waals surface area contributed by atoms with E-state index < -0.39 is 28.5 Å². The van der Waals surface area contributed by atoms with E-state index in [1.165, 1.54) is 0 Å². The van der Waals surface area contributed by atoms with E-state index in [-0.39, 0.29) is 0 Å². The summed E-state index contributed by atoms with van der Waals surface area (Å²) in [5.74, 6) is -4.63. The maximum atomic E-state index is 12.1. The van der Waals surface area contributed by atoms with Gasteiger partial charge in [0.25, 0.3) is 5.95 Å². The van der Waals surface area contributed by atoms with Gasteiger partial charge in [-0.15, -0.1) is 5.10 Å². The average molecular weight is 190 g/mol. The zero-order chi connectivity index (χ0) is 9.52. The van der Waals surface area contributed by atoms with Crippen molar-refractivity contribution in [3.8, 4) is 0 Å². The predicted molar refractivity (Wildman–Crippen MR) is 23.7 cm³/mol. The fourth-order valence-corrected chi connectivity index (χ4v) is 0.535. The Morgan fingerprint density at radius 1 is 1.17 bits per heavy atom. The quantitative estimate of drug-likeness (QED) is 0.571. The first-order valence-electron chi connectivity index (χ1n) is 2.51. The Balaban J connectivity index is 3.28. The molecule has 0 spiro atoms. The molecular formula is C4F6N2. The second-order valence-corrected chi connectivity index (χ2v) is 1.81. The van der Waals surface area contributed by atoms with Gasteiger partial charge in [-0.05, 0) is 0 Å². The summed E-state index contributed by atoms with van der Waals surface area (Å²) >= 11 is 0. The summed E-state index contributed by atoms with van der Waals surface area (Å²) in [6.45, 7) is 0. The van der Waals surface area contributed by atoms with Crippen molar-refractivity contribution in [3.05, 3.63) is 17.5 Å². The highest BCUT2D eigenvalue weighted by Crippen LogP contribution is 2.30. The fourth-order valence-electron chi connectivity index (χ4n) is 0.535. The van der Waals surface area contributed by atoms with Gasteiger partial charge >= 0.3 is 6.18 Å². The first-order chi connectivity index (χ1) is 5.34. The molecule has 0 aromatic carbocycles. The summed E-state index contributed by atoms with van der Waals surface area (Å²) in [7, 11) is 0. The summed E-state index contributed by atoms with van der Waals surface area (Å²) in [6, 6.07) is 0. The summed E-state index contributed by atoms with van der Waals surface area (Å²) < 4.78 is 70.6. The minimum absolute atomic E-state index is 1.31. The molecule has 0 N–H and O–H groups in total. The summed E-state index contributed by atoms with van der Waals surface area (Å²) in [5.41, 5.74) is -2.21. The molecule has 2 nitrogen and oxygen atoms in total. The van der Waals surface area contributed by atoms with Gasteiger partial charge in [0.1, 0.15) is 0 Å². The molecule has 0 fully saturated rings. The van der Waals surface area contributed by atoms with Crippen LogP contribution >= 0.6 is 0 Å². The highest BCUT2D eigenvalue weighted by Gasteiger charge is 2.40. The van der Waals surface area contributed by atoms with Crippen LogP contribution in [0.4, 0.5) is 26.4 Å². The number of hydrogen-bond acceptors (Lipinski definition) is 1. The molecule has 0 aliphatic carbocycles. The number of aromatic nitrogens is 2. The first kappa shape index (κ1) is 8.88. The van der Waals surface area contributed by atoms with Gasteiger partial charge in [-0.3, -0.25) is 0 Å². The summed E-state index contributed by atoms with van der Waals surface area (Å²) in [5, 5.41) is 1.96. The van der Waals surface area contributed by atoms with Crippen LogP contribution in [0.3, 0.4) is 0 Å². The van der Waals surface area contributed by atoms with Crippen LogP contribution < -0.4 is 0 Å². The summed E-state index contributed by atoms with van der Waals surface area (Å²) in [4.78, 5) is -1.31. The standard InChI is InChI=1S/C4F6N2/c5-1-2(4(7,8)9)11-12(10)3(1)6. The number of alkyl halides is 3. The van der Waals surface area contributed by atoms with Crippen LogP contribution in [0.1, 0.15) is 5.69 Å². The number of hydrogen-bond donors (Lipinski definition) is 0. The molecule has 0 radical (unpaired) electrons. The Kier molecular flexibility index (Phi) is 1.77. The normalized spacial score (nSPS) is 12.2. The van der Waals surface area contributed by atoms with E-state index in [0.29, 0.717) is 0 Å². The zero-order valence-corrected chi connectivity index (χ0v) is 5.16. The van der Waals surface area contributed by atoms with Crippen molar-refractivity contribution < 1.29 is 26.4 Å². The third-order valence-corrected chi connectivity index (χ3v) is 1.01. The van der Waals surface area contributed by atoms with Gasteiger partial charge in [0, 0.05) is 0 Å². The van der Waals surface area contributed by atoms with E-state index in [0.717, 1.165) is 0 Å². The lowest BCUT2D eigenvalue weighted by atomic mass is 10.4. The molecule has 0 saturated heterocycles.